The largest absolute Gasteiger partial charge is 0.619 e. The lowest BCUT2D eigenvalue weighted by atomic mass is 9.90. The van der Waals surface area contributed by atoms with E-state index in [9.17, 15) is 10.0 Å². The average Bonchev–Trinajstić information content (AvgIpc) is 3.09. The first-order valence-electron chi connectivity index (χ1n) is 10.00. The summed E-state index contributed by atoms with van der Waals surface area (Å²) in [4.78, 5) is 15.6. The maximum absolute atomic E-state index is 13.2. The summed E-state index contributed by atoms with van der Waals surface area (Å²) in [6.45, 7) is 1.45. The molecule has 0 spiro atoms. The summed E-state index contributed by atoms with van der Waals surface area (Å²) >= 11 is 0. The topological polar surface area (TPSA) is 73.4 Å². The molecule has 5 rings (SSSR count). The van der Waals surface area contributed by atoms with Crippen LogP contribution < -0.4 is 10.0 Å². The Kier molecular flexibility index (Phi) is 4.49. The van der Waals surface area contributed by atoms with Crippen molar-refractivity contribution in [1.82, 2.24) is 14.8 Å². The lowest BCUT2D eigenvalue weighted by Crippen LogP contribution is -2.59. The van der Waals surface area contributed by atoms with Crippen LogP contribution in [0.15, 0.2) is 55.0 Å². The van der Waals surface area contributed by atoms with Gasteiger partial charge in [0.2, 0.25) is 6.20 Å². The van der Waals surface area contributed by atoms with Crippen molar-refractivity contribution in [3.63, 3.8) is 0 Å². The fourth-order valence-electron chi connectivity index (χ4n) is 4.64. The molecule has 2 saturated heterocycles. The summed E-state index contributed by atoms with van der Waals surface area (Å²) in [5.41, 5.74) is 2.25. The molecule has 1 aromatic carbocycles. The monoisotopic (exact) mass is 392 g/mol. The third-order valence-electron chi connectivity index (χ3n) is 6.22. The van der Waals surface area contributed by atoms with Gasteiger partial charge in [0.15, 0.2) is 6.20 Å². The second kappa shape index (κ2) is 7.17. The molecule has 1 N–H and O–H groups in total. The summed E-state index contributed by atoms with van der Waals surface area (Å²) in [5, 5.41) is 15.9. The summed E-state index contributed by atoms with van der Waals surface area (Å²) in [7, 11) is 2.14. The van der Waals surface area contributed by atoms with E-state index in [4.69, 9.17) is 4.74 Å². The Balaban J connectivity index is 1.45. The van der Waals surface area contributed by atoms with Crippen LogP contribution >= 0.6 is 0 Å². The van der Waals surface area contributed by atoms with Gasteiger partial charge in [-0.25, -0.2) is 0 Å². The van der Waals surface area contributed by atoms with Gasteiger partial charge in [-0.2, -0.15) is 4.73 Å². The van der Waals surface area contributed by atoms with E-state index in [2.05, 4.69) is 17.3 Å². The standard InChI is InChI=1S/C22H24N4O3/c1-24-17-9-15(10-18(24)14-29-13-17)23-22(27)20-12-26(16-5-4-8-25(28)11-16)21-7-3-2-6-19(20)21/h2-8,11-12,15,17-18H,9-10,13-14H2,1H3,(H,23,27)/t15?,17-,18+. The molecule has 29 heavy (non-hydrogen) atoms. The Morgan fingerprint density at radius 1 is 1.17 bits per heavy atom. The first-order chi connectivity index (χ1) is 14.1. The molecule has 3 aromatic rings. The number of fused-ring (bicyclic) bond motifs is 3. The highest BCUT2D eigenvalue weighted by Gasteiger charge is 2.37. The smallest absolute Gasteiger partial charge is 0.253 e. The molecule has 2 bridgehead atoms. The van der Waals surface area contributed by atoms with Crippen LogP contribution in [0.1, 0.15) is 23.2 Å². The van der Waals surface area contributed by atoms with Gasteiger partial charge in [-0.15, -0.1) is 0 Å². The van der Waals surface area contributed by atoms with Crippen LogP contribution in [0.3, 0.4) is 0 Å². The van der Waals surface area contributed by atoms with Crippen molar-refractivity contribution in [2.24, 2.45) is 0 Å². The van der Waals surface area contributed by atoms with Crippen LogP contribution in [0, 0.1) is 5.21 Å². The number of pyridine rings is 1. The molecular weight excluding hydrogens is 368 g/mol. The fourth-order valence-corrected chi connectivity index (χ4v) is 4.64. The normalized spacial score (nSPS) is 24.5. The summed E-state index contributed by atoms with van der Waals surface area (Å²) in [6.07, 6.45) is 6.57. The Morgan fingerprint density at radius 2 is 1.93 bits per heavy atom. The van der Waals surface area contributed by atoms with Crippen LogP contribution in [-0.2, 0) is 4.74 Å². The molecule has 2 aliphatic heterocycles. The van der Waals surface area contributed by atoms with E-state index >= 15 is 0 Å². The van der Waals surface area contributed by atoms with Gasteiger partial charge < -0.3 is 19.8 Å². The highest BCUT2D eigenvalue weighted by molar-refractivity contribution is 6.07. The number of hydrogen-bond donors (Lipinski definition) is 1. The van der Waals surface area contributed by atoms with Crippen LogP contribution in [0.25, 0.3) is 16.6 Å². The minimum absolute atomic E-state index is 0.0700. The number of carbonyl (C=O) groups is 1. The molecule has 1 amide bonds. The first kappa shape index (κ1) is 18.1. The quantitative estimate of drug-likeness (QED) is 0.545. The van der Waals surface area contributed by atoms with Gasteiger partial charge in [-0.1, -0.05) is 18.2 Å². The third-order valence-corrected chi connectivity index (χ3v) is 6.22. The molecule has 2 aromatic heterocycles. The number of nitrogens with zero attached hydrogens (tertiary/aromatic N) is 3. The minimum Gasteiger partial charge on any atom is -0.619 e. The second-order valence-corrected chi connectivity index (χ2v) is 8.00. The average molecular weight is 392 g/mol. The predicted octanol–water partition coefficient (Wildman–Crippen LogP) is 1.86. The third kappa shape index (κ3) is 3.26. The number of benzene rings is 1. The van der Waals surface area contributed by atoms with Crippen molar-refractivity contribution in [3.05, 3.63) is 65.8 Å². The molecule has 4 heterocycles. The van der Waals surface area contributed by atoms with Crippen LogP contribution in [-0.4, -0.2) is 53.8 Å². The molecule has 0 aliphatic carbocycles. The van der Waals surface area contributed by atoms with Crippen LogP contribution in [0.4, 0.5) is 0 Å². The number of para-hydroxylation sites is 1. The van der Waals surface area contributed by atoms with Crippen molar-refractivity contribution >= 4 is 16.8 Å². The number of nitrogens with one attached hydrogen (secondary N) is 1. The lowest BCUT2D eigenvalue weighted by molar-refractivity contribution is -0.605. The van der Waals surface area contributed by atoms with E-state index in [0.29, 0.717) is 17.6 Å². The number of morpholine rings is 1. The minimum atomic E-state index is -0.0700. The van der Waals surface area contributed by atoms with E-state index < -0.39 is 0 Å². The number of carbonyl (C=O) groups excluding carboxylic acids is 1. The van der Waals surface area contributed by atoms with Crippen molar-refractivity contribution in [2.45, 2.75) is 31.0 Å². The maximum Gasteiger partial charge on any atom is 0.253 e. The molecule has 7 heteroatoms. The molecule has 7 nitrogen and oxygen atoms in total. The van der Waals surface area contributed by atoms with E-state index in [1.165, 1.54) is 12.4 Å². The Bertz CT molecular complexity index is 1050. The molecule has 3 atom stereocenters. The Morgan fingerprint density at radius 3 is 2.69 bits per heavy atom. The molecule has 0 saturated carbocycles. The number of hydrogen-bond acceptors (Lipinski definition) is 4. The van der Waals surface area contributed by atoms with Gasteiger partial charge in [-0.05, 0) is 32.0 Å². The highest BCUT2D eigenvalue weighted by atomic mass is 16.5. The SMILES string of the molecule is CN1[C@@H]2COC[C@H]1CC(NC(=O)c1cn(-c3ccc[n+]([O-])c3)c3ccccc13)C2. The summed E-state index contributed by atoms with van der Waals surface area (Å²) in [5.74, 6) is -0.0700. The summed E-state index contributed by atoms with van der Waals surface area (Å²) < 4.78 is 8.35. The first-order valence-corrected chi connectivity index (χ1v) is 10.00. The van der Waals surface area contributed by atoms with E-state index in [1.807, 2.05) is 41.1 Å². The van der Waals surface area contributed by atoms with Crippen LogP contribution in [0.5, 0.6) is 0 Å². The zero-order valence-electron chi connectivity index (χ0n) is 16.3. The Labute approximate surface area is 169 Å². The maximum atomic E-state index is 13.2. The molecule has 0 radical (unpaired) electrons. The van der Waals surface area contributed by atoms with Gasteiger partial charge in [0.25, 0.3) is 5.91 Å². The lowest BCUT2D eigenvalue weighted by Gasteiger charge is -2.46. The molecule has 1 unspecified atom stereocenters. The van der Waals surface area contributed by atoms with E-state index in [1.54, 1.807) is 6.07 Å². The molecule has 2 aliphatic rings. The number of piperidine rings is 1. The van der Waals surface area contributed by atoms with Crippen molar-refractivity contribution in [1.29, 1.82) is 0 Å². The Hall–Kier alpha value is -2.90. The zero-order chi connectivity index (χ0) is 20.0. The number of rotatable bonds is 3. The van der Waals surface area contributed by atoms with E-state index in [-0.39, 0.29) is 11.9 Å². The molecular formula is C22H24N4O3. The van der Waals surface area contributed by atoms with Gasteiger partial charge in [0.05, 0.1) is 24.3 Å². The van der Waals surface area contributed by atoms with Gasteiger partial charge in [0, 0.05) is 35.8 Å². The molecule has 2 fully saturated rings. The van der Waals surface area contributed by atoms with Gasteiger partial charge >= 0.3 is 0 Å². The summed E-state index contributed by atoms with van der Waals surface area (Å²) in [6, 6.07) is 12.2. The zero-order valence-corrected chi connectivity index (χ0v) is 16.3. The number of ether oxygens (including phenoxy) is 1. The van der Waals surface area contributed by atoms with E-state index in [0.717, 1.165) is 47.4 Å². The van der Waals surface area contributed by atoms with Gasteiger partial charge in [-0.3, -0.25) is 9.69 Å². The van der Waals surface area contributed by atoms with Crippen molar-refractivity contribution < 1.29 is 14.3 Å². The van der Waals surface area contributed by atoms with Crippen molar-refractivity contribution in [2.75, 3.05) is 20.3 Å². The van der Waals surface area contributed by atoms with Crippen LogP contribution in [0.2, 0.25) is 0 Å². The second-order valence-electron chi connectivity index (χ2n) is 8.00. The predicted molar refractivity (Wildman–Crippen MR) is 109 cm³/mol. The highest BCUT2D eigenvalue weighted by Crippen LogP contribution is 2.28. The number of likely N-dealkylation sites (N-methyl/N-ethyl adjacent to an activating group) is 1. The van der Waals surface area contributed by atoms with Crippen molar-refractivity contribution in [3.8, 4) is 5.69 Å². The number of amides is 1. The molecule has 150 valence electrons. The van der Waals surface area contributed by atoms with Gasteiger partial charge in [0.1, 0.15) is 5.69 Å². The fraction of sp³-hybridized carbons (Fsp3) is 0.364. The number of aromatic nitrogens is 2.